The van der Waals surface area contributed by atoms with Crippen LogP contribution in [0.5, 0.6) is 0 Å². The molecular weight excluding hydrogens is 176 g/mol. The first-order valence-electron chi connectivity index (χ1n) is 2.67. The summed E-state index contributed by atoms with van der Waals surface area (Å²) in [5.41, 5.74) is 7.21. The van der Waals surface area contributed by atoms with E-state index in [1.807, 2.05) is 6.92 Å². The van der Waals surface area contributed by atoms with Crippen LogP contribution in [0.2, 0.25) is 0 Å². The van der Waals surface area contributed by atoms with Crippen LogP contribution in [0.4, 0.5) is 0 Å². The zero-order valence-corrected chi connectivity index (χ0v) is 10.4. The van der Waals surface area contributed by atoms with Crippen LogP contribution in [-0.2, 0) is 4.74 Å². The zero-order valence-electron chi connectivity index (χ0n) is 5.48. The maximum Gasteiger partial charge on any atom is 1.00 e. The molecule has 0 bridgehead atoms. The molecule has 3 heteroatoms. The Hall–Kier alpha value is 1.73. The van der Waals surface area contributed by atoms with E-state index >= 15 is 0 Å². The van der Waals surface area contributed by atoms with Crippen molar-refractivity contribution in [1.29, 1.82) is 0 Å². The molecule has 2 unspecified atom stereocenters. The summed E-state index contributed by atoms with van der Waals surface area (Å²) in [6.07, 6.45) is 1.20. The summed E-state index contributed by atoms with van der Waals surface area (Å²) in [7, 11) is 0. The normalized spacial score (nSPS) is 28.5. The third-order valence-corrected chi connectivity index (χ3v) is 1.25. The van der Waals surface area contributed by atoms with E-state index in [1.165, 1.54) is 0 Å². The van der Waals surface area contributed by atoms with E-state index in [-0.39, 0.29) is 70.3 Å². The molecule has 1 aliphatic rings. The van der Waals surface area contributed by atoms with Crippen molar-refractivity contribution >= 4 is 0 Å². The van der Waals surface area contributed by atoms with Crippen molar-refractivity contribution in [1.82, 2.24) is 0 Å². The second-order valence-corrected chi connectivity index (χ2v) is 1.89. The quantitative estimate of drug-likeness (QED) is 0.469. The molecule has 0 aromatic heterocycles. The van der Waals surface area contributed by atoms with E-state index in [2.05, 4.69) is 0 Å². The summed E-state index contributed by atoms with van der Waals surface area (Å²) >= 11 is 0. The van der Waals surface area contributed by atoms with Crippen molar-refractivity contribution in [3.05, 3.63) is 5.73 Å². The topological polar surface area (TPSA) is 36.3 Å². The Bertz CT molecular complexity index is 65.4. The van der Waals surface area contributed by atoms with Crippen molar-refractivity contribution in [2.24, 2.45) is 0 Å². The molecule has 1 heterocycles. The first-order chi connectivity index (χ1) is 3.34. The van der Waals surface area contributed by atoms with E-state index in [9.17, 15) is 0 Å². The molecule has 0 spiro atoms. The predicted octanol–water partition coefficient (Wildman–Crippen LogP) is -1.78. The minimum atomic E-state index is 0. The van der Waals surface area contributed by atoms with Crippen molar-refractivity contribution in [3.63, 3.8) is 0 Å². The van der Waals surface area contributed by atoms with Crippen molar-refractivity contribution < 1.29 is 62.9 Å². The standard InChI is InChI=1S/C5H10NO.Rb/c1-2-4(6)5-3-7-5;/h4-6H,2-3H2,1H3;/q-1;+1. The first-order valence-corrected chi connectivity index (χ1v) is 2.67. The Labute approximate surface area is 98.9 Å². The Kier molecular flexibility index (Phi) is 5.50. The van der Waals surface area contributed by atoms with Crippen molar-refractivity contribution in [3.8, 4) is 0 Å². The maximum absolute atomic E-state index is 7.21. The first kappa shape index (κ1) is 9.73. The SMILES string of the molecule is CCC([NH-])C1CO1.[Rb+]. The second kappa shape index (κ2) is 4.53. The number of nitrogens with one attached hydrogen (secondary N) is 1. The minimum absolute atomic E-state index is 0. The molecule has 8 heavy (non-hydrogen) atoms. The van der Waals surface area contributed by atoms with Gasteiger partial charge in [0.2, 0.25) is 0 Å². The maximum atomic E-state index is 7.21. The van der Waals surface area contributed by atoms with Crippen LogP contribution < -0.4 is 58.2 Å². The minimum Gasteiger partial charge on any atom is -0.672 e. The van der Waals surface area contributed by atoms with Gasteiger partial charge in [0.15, 0.2) is 0 Å². The van der Waals surface area contributed by atoms with Crippen LogP contribution in [0, 0.1) is 0 Å². The summed E-state index contributed by atoms with van der Waals surface area (Å²) in [5.74, 6) is 0. The fourth-order valence-corrected chi connectivity index (χ4v) is 0.551. The third-order valence-electron chi connectivity index (χ3n) is 1.25. The number of epoxide rings is 1. The number of rotatable bonds is 2. The van der Waals surface area contributed by atoms with Crippen LogP contribution in [0.1, 0.15) is 13.3 Å². The van der Waals surface area contributed by atoms with E-state index < -0.39 is 0 Å². The van der Waals surface area contributed by atoms with Gasteiger partial charge >= 0.3 is 58.2 Å². The summed E-state index contributed by atoms with van der Waals surface area (Å²) in [6.45, 7) is 2.83. The second-order valence-electron chi connectivity index (χ2n) is 1.89. The molecule has 1 N–H and O–H groups in total. The Morgan fingerprint density at radius 3 is 2.50 bits per heavy atom. The van der Waals surface area contributed by atoms with Gasteiger partial charge in [0.1, 0.15) is 0 Å². The molecule has 0 aromatic rings. The van der Waals surface area contributed by atoms with Gasteiger partial charge in [0, 0.05) is 0 Å². The van der Waals surface area contributed by atoms with Crippen molar-refractivity contribution in [2.45, 2.75) is 25.5 Å². The smallest absolute Gasteiger partial charge is 0.672 e. The molecule has 1 fully saturated rings. The fourth-order valence-electron chi connectivity index (χ4n) is 0.551. The Balaban J connectivity index is 0.000000490. The predicted molar refractivity (Wildman–Crippen MR) is 28.1 cm³/mol. The third kappa shape index (κ3) is 3.04. The van der Waals surface area contributed by atoms with Crippen molar-refractivity contribution in [2.75, 3.05) is 6.61 Å². The Morgan fingerprint density at radius 2 is 2.38 bits per heavy atom. The van der Waals surface area contributed by atoms with E-state index in [1.54, 1.807) is 0 Å². The number of hydrogen-bond acceptors (Lipinski definition) is 1. The molecule has 2 nitrogen and oxygen atoms in total. The summed E-state index contributed by atoms with van der Waals surface area (Å²) in [6, 6.07) is 0.0417. The average molecular weight is 186 g/mol. The Morgan fingerprint density at radius 1 is 1.88 bits per heavy atom. The van der Waals surface area contributed by atoms with Gasteiger partial charge in [-0.3, -0.25) is 0 Å². The van der Waals surface area contributed by atoms with E-state index in [4.69, 9.17) is 10.5 Å². The zero-order chi connectivity index (χ0) is 5.28. The van der Waals surface area contributed by atoms with Crippen LogP contribution in [-0.4, -0.2) is 18.8 Å². The van der Waals surface area contributed by atoms with Gasteiger partial charge in [-0.1, -0.05) is 13.3 Å². The molecule has 0 aliphatic carbocycles. The average Bonchev–Trinajstić information content (AvgIpc) is 2.44. The van der Waals surface area contributed by atoms with Crippen LogP contribution in [0.3, 0.4) is 0 Å². The number of hydrogen-bond donors (Lipinski definition) is 0. The summed E-state index contributed by atoms with van der Waals surface area (Å²) < 4.78 is 4.87. The monoisotopic (exact) mass is 185 g/mol. The molecule has 1 saturated heterocycles. The molecule has 0 saturated carbocycles. The van der Waals surface area contributed by atoms with Crippen LogP contribution in [0.25, 0.3) is 5.73 Å². The van der Waals surface area contributed by atoms with E-state index in [0.29, 0.717) is 0 Å². The van der Waals surface area contributed by atoms with Crippen LogP contribution in [0.15, 0.2) is 0 Å². The summed E-state index contributed by atoms with van der Waals surface area (Å²) in [5, 5.41) is 0. The van der Waals surface area contributed by atoms with Gasteiger partial charge in [0.05, 0.1) is 12.7 Å². The van der Waals surface area contributed by atoms with Gasteiger partial charge in [0.25, 0.3) is 0 Å². The molecule has 2 atom stereocenters. The van der Waals surface area contributed by atoms with Gasteiger partial charge in [-0.2, -0.15) is 0 Å². The van der Waals surface area contributed by atoms with E-state index in [0.717, 1.165) is 13.0 Å². The molecule has 0 aromatic carbocycles. The molecular formula is C5H10NORb. The van der Waals surface area contributed by atoms with Gasteiger partial charge in [-0.05, 0) is 0 Å². The van der Waals surface area contributed by atoms with Gasteiger partial charge in [-0.15, -0.1) is 6.04 Å². The molecule has 0 amide bonds. The molecule has 1 aliphatic heterocycles. The molecule has 42 valence electrons. The fraction of sp³-hybridized carbons (Fsp3) is 1.00. The number of ether oxygens (including phenoxy) is 1. The van der Waals surface area contributed by atoms with Gasteiger partial charge in [-0.25, -0.2) is 0 Å². The largest absolute Gasteiger partial charge is 1.00 e. The summed E-state index contributed by atoms with van der Waals surface area (Å²) in [4.78, 5) is 0. The molecule has 0 radical (unpaired) electrons. The van der Waals surface area contributed by atoms with Gasteiger partial charge < -0.3 is 10.5 Å². The van der Waals surface area contributed by atoms with Crippen LogP contribution >= 0.6 is 0 Å². The molecule has 1 rings (SSSR count).